The van der Waals surface area contributed by atoms with Crippen LogP contribution in [0.2, 0.25) is 0 Å². The molecule has 2 aromatic rings. The van der Waals surface area contributed by atoms with Crippen LogP contribution in [-0.2, 0) is 6.42 Å². The highest BCUT2D eigenvalue weighted by atomic mass is 79.9. The van der Waals surface area contributed by atoms with Gasteiger partial charge in [0.15, 0.2) is 23.0 Å². The van der Waals surface area contributed by atoms with Crippen molar-refractivity contribution in [3.63, 3.8) is 0 Å². The Morgan fingerprint density at radius 1 is 0.946 bits per heavy atom. The number of hydrogen-bond acceptors (Lipinski definition) is 5. The predicted octanol–water partition coefficient (Wildman–Crippen LogP) is 7.75. The summed E-state index contributed by atoms with van der Waals surface area (Å²) >= 11 is 3.59. The Kier molecular flexibility index (Phi) is 7.29. The Hall–Kier alpha value is -2.34. The van der Waals surface area contributed by atoms with E-state index in [0.717, 1.165) is 47.7 Å². The number of rotatable bonds is 9. The van der Waals surface area contributed by atoms with E-state index in [-0.39, 0.29) is 0 Å². The van der Waals surface area contributed by atoms with Crippen LogP contribution < -0.4 is 18.9 Å². The van der Waals surface area contributed by atoms with Crippen LogP contribution in [0.4, 0.5) is 0 Å². The number of ether oxygens (including phenoxy) is 4. The lowest BCUT2D eigenvalue weighted by Crippen LogP contribution is -2.40. The zero-order valence-electron chi connectivity index (χ0n) is 22.1. The minimum atomic E-state index is 0.299. The summed E-state index contributed by atoms with van der Waals surface area (Å²) in [7, 11) is 3.55. The third-order valence-electron chi connectivity index (χ3n) is 8.75. The van der Waals surface area contributed by atoms with E-state index in [1.807, 2.05) is 0 Å². The van der Waals surface area contributed by atoms with Crippen LogP contribution in [0.5, 0.6) is 23.0 Å². The SMILES string of the molecule is COc1ccc2c(c1OC)[C@@H](C1CCCC1)N1CCc3cc4c(cc3C1=C2CCCCCCBr)OCO4. The van der Waals surface area contributed by atoms with Crippen molar-refractivity contribution >= 4 is 27.2 Å². The van der Waals surface area contributed by atoms with Gasteiger partial charge in [0.05, 0.1) is 20.3 Å². The summed E-state index contributed by atoms with van der Waals surface area (Å²) in [6.07, 6.45) is 12.1. The Morgan fingerprint density at radius 2 is 1.73 bits per heavy atom. The van der Waals surface area contributed by atoms with Crippen molar-refractivity contribution in [2.45, 2.75) is 70.3 Å². The molecular formula is C31H38BrNO4. The van der Waals surface area contributed by atoms with Crippen LogP contribution in [0.25, 0.3) is 11.3 Å². The van der Waals surface area contributed by atoms with Crippen LogP contribution in [-0.4, -0.2) is 37.8 Å². The average molecular weight is 569 g/mol. The smallest absolute Gasteiger partial charge is 0.231 e. The lowest BCUT2D eigenvalue weighted by molar-refractivity contribution is 0.174. The van der Waals surface area contributed by atoms with Gasteiger partial charge in [-0.15, -0.1) is 0 Å². The third kappa shape index (κ3) is 4.39. The molecule has 1 aliphatic carbocycles. The molecule has 6 rings (SSSR count). The summed E-state index contributed by atoms with van der Waals surface area (Å²) < 4.78 is 23.6. The Balaban J connectivity index is 1.54. The fraction of sp³-hybridized carbons (Fsp3) is 0.548. The van der Waals surface area contributed by atoms with Gasteiger partial charge in [0, 0.05) is 28.7 Å². The summed E-state index contributed by atoms with van der Waals surface area (Å²) in [5.41, 5.74) is 8.26. The summed E-state index contributed by atoms with van der Waals surface area (Å²) in [5.74, 6) is 4.14. The first kappa shape index (κ1) is 25.0. The van der Waals surface area contributed by atoms with Crippen molar-refractivity contribution < 1.29 is 18.9 Å². The Bertz CT molecular complexity index is 1190. The van der Waals surface area contributed by atoms with Gasteiger partial charge in [-0.1, -0.05) is 47.7 Å². The average Bonchev–Trinajstić information content (AvgIpc) is 3.62. The molecule has 6 heteroatoms. The van der Waals surface area contributed by atoms with Gasteiger partial charge in [-0.2, -0.15) is 0 Å². The van der Waals surface area contributed by atoms with Gasteiger partial charge in [0.2, 0.25) is 6.79 Å². The summed E-state index contributed by atoms with van der Waals surface area (Å²) in [4.78, 5) is 2.73. The number of halogens is 1. The van der Waals surface area contributed by atoms with E-state index in [0.29, 0.717) is 18.8 Å². The first-order chi connectivity index (χ1) is 18.2. The van der Waals surface area contributed by atoms with Crippen LogP contribution in [0, 0.1) is 5.92 Å². The molecule has 2 aromatic carbocycles. The highest BCUT2D eigenvalue weighted by Gasteiger charge is 2.43. The third-order valence-corrected chi connectivity index (χ3v) is 9.31. The second-order valence-electron chi connectivity index (χ2n) is 10.7. The quantitative estimate of drug-likeness (QED) is 0.229. The molecule has 3 heterocycles. The maximum atomic E-state index is 6.12. The normalized spacial score (nSPS) is 20.1. The molecule has 1 fully saturated rings. The van der Waals surface area contributed by atoms with Gasteiger partial charge < -0.3 is 23.8 Å². The molecule has 1 saturated carbocycles. The molecule has 5 nitrogen and oxygen atoms in total. The van der Waals surface area contributed by atoms with Crippen molar-refractivity contribution in [1.82, 2.24) is 4.90 Å². The molecular weight excluding hydrogens is 530 g/mol. The maximum Gasteiger partial charge on any atom is 0.231 e. The van der Waals surface area contributed by atoms with E-state index in [2.05, 4.69) is 45.1 Å². The number of benzene rings is 2. The number of hydrogen-bond donors (Lipinski definition) is 0. The van der Waals surface area contributed by atoms with E-state index in [4.69, 9.17) is 18.9 Å². The molecule has 37 heavy (non-hydrogen) atoms. The van der Waals surface area contributed by atoms with Gasteiger partial charge in [0.25, 0.3) is 0 Å². The molecule has 0 unspecified atom stereocenters. The van der Waals surface area contributed by atoms with Crippen molar-refractivity contribution in [2.75, 3.05) is 32.9 Å². The molecule has 3 aliphatic heterocycles. The molecule has 198 valence electrons. The van der Waals surface area contributed by atoms with Crippen LogP contribution >= 0.6 is 15.9 Å². The largest absolute Gasteiger partial charge is 0.493 e. The monoisotopic (exact) mass is 567 g/mol. The zero-order chi connectivity index (χ0) is 25.4. The topological polar surface area (TPSA) is 40.2 Å². The van der Waals surface area contributed by atoms with Gasteiger partial charge in [0.1, 0.15) is 0 Å². The highest BCUT2D eigenvalue weighted by Crippen LogP contribution is 2.57. The van der Waals surface area contributed by atoms with E-state index in [9.17, 15) is 0 Å². The maximum absolute atomic E-state index is 6.12. The molecule has 0 radical (unpaired) electrons. The fourth-order valence-corrected chi connectivity index (χ4v) is 7.49. The van der Waals surface area contributed by atoms with Crippen molar-refractivity contribution in [3.05, 3.63) is 46.5 Å². The standard InChI is InChI=1S/C31H38BrNO4/c1-34-25-13-12-22-23(11-5-3-4-8-15-32)30-24-18-27-26(36-19-37-27)17-21(24)14-16-33(30)29(20-9-6-7-10-20)28(22)31(25)35-2/h12-13,17-18,20,29H,3-11,14-16,19H2,1-2H3/t29-/m1/s1. The molecule has 0 amide bonds. The molecule has 1 atom stereocenters. The van der Waals surface area contributed by atoms with E-state index in [1.54, 1.807) is 14.2 Å². The summed E-state index contributed by atoms with van der Waals surface area (Å²) in [5, 5.41) is 1.08. The second-order valence-corrected chi connectivity index (χ2v) is 11.5. The van der Waals surface area contributed by atoms with E-state index >= 15 is 0 Å². The molecule has 0 saturated heterocycles. The Labute approximate surface area is 229 Å². The van der Waals surface area contributed by atoms with Crippen LogP contribution in [0.3, 0.4) is 0 Å². The van der Waals surface area contributed by atoms with Crippen LogP contribution in [0.1, 0.15) is 86.1 Å². The number of allylic oxidation sites excluding steroid dienone is 1. The predicted molar refractivity (Wildman–Crippen MR) is 151 cm³/mol. The van der Waals surface area contributed by atoms with Gasteiger partial charge in [-0.3, -0.25) is 0 Å². The number of fused-ring (bicyclic) bond motifs is 5. The van der Waals surface area contributed by atoms with E-state index < -0.39 is 0 Å². The molecule has 0 spiro atoms. The molecule has 4 aliphatic rings. The lowest BCUT2D eigenvalue weighted by Gasteiger charge is -2.48. The fourth-order valence-electron chi connectivity index (χ4n) is 7.09. The van der Waals surface area contributed by atoms with Gasteiger partial charge >= 0.3 is 0 Å². The first-order valence-corrected chi connectivity index (χ1v) is 15.1. The van der Waals surface area contributed by atoms with Gasteiger partial charge in [-0.25, -0.2) is 0 Å². The summed E-state index contributed by atoms with van der Waals surface area (Å²) in [6.45, 7) is 1.32. The molecule has 0 aromatic heterocycles. The van der Waals surface area contributed by atoms with Gasteiger partial charge in [-0.05, 0) is 79.3 Å². The minimum absolute atomic E-state index is 0.299. The van der Waals surface area contributed by atoms with Crippen molar-refractivity contribution in [1.29, 1.82) is 0 Å². The van der Waals surface area contributed by atoms with Crippen LogP contribution in [0.15, 0.2) is 24.3 Å². The molecule has 0 bridgehead atoms. The first-order valence-electron chi connectivity index (χ1n) is 14.0. The number of alkyl halides is 1. The highest BCUT2D eigenvalue weighted by molar-refractivity contribution is 9.09. The molecule has 0 N–H and O–H groups in total. The van der Waals surface area contributed by atoms with E-state index in [1.165, 1.54) is 84.9 Å². The number of nitrogens with zero attached hydrogens (tertiary/aromatic N) is 1. The lowest BCUT2D eigenvalue weighted by atomic mass is 9.76. The minimum Gasteiger partial charge on any atom is -0.493 e. The van der Waals surface area contributed by atoms with Crippen molar-refractivity contribution in [3.8, 4) is 23.0 Å². The summed E-state index contributed by atoms with van der Waals surface area (Å²) in [6, 6.07) is 9.19. The second kappa shape index (κ2) is 10.8. The zero-order valence-corrected chi connectivity index (χ0v) is 23.7. The Morgan fingerprint density at radius 3 is 2.49 bits per heavy atom. The number of methoxy groups -OCH3 is 2. The van der Waals surface area contributed by atoms with Crippen molar-refractivity contribution in [2.24, 2.45) is 5.92 Å². The number of unbranched alkanes of at least 4 members (excludes halogenated alkanes) is 3.